The Balaban J connectivity index is 1.51. The van der Waals surface area contributed by atoms with Crippen LogP contribution in [0.3, 0.4) is 0 Å². The van der Waals surface area contributed by atoms with Crippen molar-refractivity contribution >= 4 is 85.3 Å². The Bertz CT molecular complexity index is 2270. The molecule has 0 aliphatic heterocycles. The SMILES string of the molecule is O=S(=O)(c1ccccc1)n1c2ccccc2c2cc3sc4cc5c(cc4c3cc21)oc1ccccc15. The topological polar surface area (TPSA) is 52.2 Å². The molecule has 0 spiro atoms. The molecule has 8 rings (SSSR count). The molecule has 0 atom stereocenters. The number of rotatable bonds is 2. The molecule has 0 N–H and O–H groups in total. The summed E-state index contributed by atoms with van der Waals surface area (Å²) in [5.41, 5.74) is 3.06. The third-order valence-corrected chi connectivity index (χ3v) is 9.86. The normalized spacial score (nSPS) is 12.7. The maximum absolute atomic E-state index is 13.9. The average molecular weight is 504 g/mol. The van der Waals surface area contributed by atoms with E-state index in [1.165, 1.54) is 3.97 Å². The number of furan rings is 1. The zero-order chi connectivity index (χ0) is 24.0. The van der Waals surface area contributed by atoms with Gasteiger partial charge in [0.15, 0.2) is 0 Å². The van der Waals surface area contributed by atoms with Crippen molar-refractivity contribution in [3.8, 4) is 0 Å². The third-order valence-electron chi connectivity index (χ3n) is 7.00. The molecule has 0 fully saturated rings. The molecule has 0 aliphatic carbocycles. The van der Waals surface area contributed by atoms with Gasteiger partial charge in [-0.2, -0.15) is 0 Å². The first-order valence-electron chi connectivity index (χ1n) is 11.6. The second-order valence-electron chi connectivity index (χ2n) is 9.01. The minimum absolute atomic E-state index is 0.270. The summed E-state index contributed by atoms with van der Waals surface area (Å²) in [5.74, 6) is 0. The molecule has 0 bridgehead atoms. The number of hydrogen-bond acceptors (Lipinski definition) is 4. The smallest absolute Gasteiger partial charge is 0.268 e. The van der Waals surface area contributed by atoms with Gasteiger partial charge in [-0.1, -0.05) is 54.6 Å². The fourth-order valence-electron chi connectivity index (χ4n) is 5.38. The molecule has 5 aromatic carbocycles. The number of nitrogens with zero attached hydrogens (tertiary/aromatic N) is 1. The van der Waals surface area contributed by atoms with Crippen LogP contribution in [0.5, 0.6) is 0 Å². The van der Waals surface area contributed by atoms with Gasteiger partial charge in [0, 0.05) is 41.7 Å². The summed E-state index contributed by atoms with van der Waals surface area (Å²) in [5, 5.41) is 6.14. The van der Waals surface area contributed by atoms with Crippen molar-refractivity contribution in [3.05, 3.63) is 103 Å². The van der Waals surface area contributed by atoms with Crippen LogP contribution in [0, 0.1) is 0 Å². The number of thiophene rings is 1. The summed E-state index contributed by atoms with van der Waals surface area (Å²) in [4.78, 5) is 0.270. The van der Waals surface area contributed by atoms with Crippen molar-refractivity contribution in [1.82, 2.24) is 3.97 Å². The van der Waals surface area contributed by atoms with E-state index in [-0.39, 0.29) is 4.90 Å². The lowest BCUT2D eigenvalue weighted by atomic mass is 10.1. The minimum atomic E-state index is -3.80. The Kier molecular flexibility index (Phi) is 3.89. The second kappa shape index (κ2) is 6.97. The molecular formula is C30H17NO3S2. The largest absolute Gasteiger partial charge is 0.456 e. The lowest BCUT2D eigenvalue weighted by Crippen LogP contribution is -2.12. The quantitative estimate of drug-likeness (QED) is 0.238. The van der Waals surface area contributed by atoms with Gasteiger partial charge in [0.05, 0.1) is 15.9 Å². The lowest BCUT2D eigenvalue weighted by molar-refractivity contribution is 0.590. The van der Waals surface area contributed by atoms with Crippen molar-refractivity contribution in [2.45, 2.75) is 4.90 Å². The average Bonchev–Trinajstić information content (AvgIpc) is 3.55. The van der Waals surface area contributed by atoms with E-state index in [2.05, 4.69) is 24.3 Å². The summed E-state index contributed by atoms with van der Waals surface area (Å²) < 4.78 is 37.7. The predicted molar refractivity (Wildman–Crippen MR) is 149 cm³/mol. The highest BCUT2D eigenvalue weighted by Gasteiger charge is 2.24. The molecule has 172 valence electrons. The number of para-hydroxylation sites is 2. The molecule has 3 heterocycles. The van der Waals surface area contributed by atoms with Gasteiger partial charge in [-0.3, -0.25) is 0 Å². The van der Waals surface area contributed by atoms with Crippen LogP contribution in [0.15, 0.2) is 112 Å². The van der Waals surface area contributed by atoms with Gasteiger partial charge in [-0.25, -0.2) is 12.4 Å². The zero-order valence-electron chi connectivity index (χ0n) is 18.8. The van der Waals surface area contributed by atoms with Crippen molar-refractivity contribution < 1.29 is 12.8 Å². The monoisotopic (exact) mass is 503 g/mol. The molecule has 4 nitrogen and oxygen atoms in total. The highest BCUT2D eigenvalue weighted by atomic mass is 32.2. The predicted octanol–water partition coefficient (Wildman–Crippen LogP) is 8.30. The first kappa shape index (κ1) is 20.1. The molecule has 0 saturated heterocycles. The molecule has 3 aromatic heterocycles. The summed E-state index contributed by atoms with van der Waals surface area (Å²) in [6, 6.07) is 32.8. The van der Waals surface area contributed by atoms with E-state index in [4.69, 9.17) is 4.42 Å². The highest BCUT2D eigenvalue weighted by molar-refractivity contribution is 7.90. The Morgan fingerprint density at radius 2 is 1.22 bits per heavy atom. The highest BCUT2D eigenvalue weighted by Crippen LogP contribution is 2.43. The number of benzene rings is 5. The van der Waals surface area contributed by atoms with Gasteiger partial charge in [0.2, 0.25) is 0 Å². The first-order chi connectivity index (χ1) is 17.6. The van der Waals surface area contributed by atoms with Crippen molar-refractivity contribution in [1.29, 1.82) is 0 Å². The van der Waals surface area contributed by atoms with Crippen LogP contribution in [-0.4, -0.2) is 12.4 Å². The fourth-order valence-corrected chi connectivity index (χ4v) is 8.07. The number of hydrogen-bond donors (Lipinski definition) is 0. The molecule has 6 heteroatoms. The number of aromatic nitrogens is 1. The van der Waals surface area contributed by atoms with E-state index < -0.39 is 10.0 Å². The van der Waals surface area contributed by atoms with Gasteiger partial charge in [-0.15, -0.1) is 11.3 Å². The molecule has 0 saturated carbocycles. The molecule has 8 aromatic rings. The van der Waals surface area contributed by atoms with Crippen LogP contribution in [0.2, 0.25) is 0 Å². The first-order valence-corrected chi connectivity index (χ1v) is 13.9. The minimum Gasteiger partial charge on any atom is -0.456 e. The standard InChI is InChI=1S/C30H17NO3S2/c32-36(33,18-8-2-1-3-9-18)31-25-12-6-4-10-19(25)21-16-29-23(14-26(21)31)24-15-28-22(17-30(24)35-29)20-11-5-7-13-27(20)34-28/h1-17H. The van der Waals surface area contributed by atoms with E-state index >= 15 is 0 Å². The van der Waals surface area contributed by atoms with Gasteiger partial charge >= 0.3 is 0 Å². The van der Waals surface area contributed by atoms with Crippen LogP contribution in [0.1, 0.15) is 0 Å². The summed E-state index contributed by atoms with van der Waals surface area (Å²) in [7, 11) is -3.80. The van der Waals surface area contributed by atoms with Gasteiger partial charge in [0.1, 0.15) is 11.2 Å². The Labute approximate surface area is 209 Å². The van der Waals surface area contributed by atoms with Gasteiger partial charge < -0.3 is 4.42 Å². The van der Waals surface area contributed by atoms with E-state index in [9.17, 15) is 8.42 Å². The maximum Gasteiger partial charge on any atom is 0.268 e. The molecule has 36 heavy (non-hydrogen) atoms. The Morgan fingerprint density at radius 1 is 0.556 bits per heavy atom. The van der Waals surface area contributed by atoms with Crippen LogP contribution in [-0.2, 0) is 10.0 Å². The molecule has 0 aliphatic rings. The van der Waals surface area contributed by atoms with Crippen LogP contribution in [0.25, 0.3) is 63.9 Å². The Morgan fingerprint density at radius 3 is 2.06 bits per heavy atom. The van der Waals surface area contributed by atoms with Gasteiger partial charge in [-0.05, 0) is 48.5 Å². The van der Waals surface area contributed by atoms with Crippen LogP contribution in [0.4, 0.5) is 0 Å². The summed E-state index contributed by atoms with van der Waals surface area (Å²) in [6.45, 7) is 0. The summed E-state index contributed by atoms with van der Waals surface area (Å²) in [6.07, 6.45) is 0. The van der Waals surface area contributed by atoms with Crippen LogP contribution >= 0.6 is 11.3 Å². The second-order valence-corrected chi connectivity index (χ2v) is 11.9. The molecule has 0 radical (unpaired) electrons. The summed E-state index contributed by atoms with van der Waals surface area (Å²) >= 11 is 1.72. The molecule has 0 amide bonds. The van der Waals surface area contributed by atoms with E-state index in [0.717, 1.165) is 52.9 Å². The molecular weight excluding hydrogens is 486 g/mol. The van der Waals surface area contributed by atoms with Crippen molar-refractivity contribution in [2.75, 3.05) is 0 Å². The lowest BCUT2D eigenvalue weighted by Gasteiger charge is -2.09. The maximum atomic E-state index is 13.9. The van der Waals surface area contributed by atoms with E-state index in [0.29, 0.717) is 11.0 Å². The zero-order valence-corrected chi connectivity index (χ0v) is 20.4. The number of fused-ring (bicyclic) bond motifs is 9. The van der Waals surface area contributed by atoms with E-state index in [1.54, 1.807) is 35.6 Å². The fraction of sp³-hybridized carbons (Fsp3) is 0. The third kappa shape index (κ3) is 2.60. The van der Waals surface area contributed by atoms with Crippen molar-refractivity contribution in [3.63, 3.8) is 0 Å². The molecule has 0 unspecified atom stereocenters. The van der Waals surface area contributed by atoms with Crippen molar-refractivity contribution in [2.24, 2.45) is 0 Å². The van der Waals surface area contributed by atoms with Gasteiger partial charge in [0.25, 0.3) is 10.0 Å². The van der Waals surface area contributed by atoms with Crippen LogP contribution < -0.4 is 0 Å². The van der Waals surface area contributed by atoms with E-state index in [1.807, 2.05) is 54.6 Å². The Hall–Kier alpha value is -4.13.